The third-order valence-electron chi connectivity index (χ3n) is 3.24. The molecule has 0 heterocycles. The highest BCUT2D eigenvalue weighted by atomic mass is 19.1. The number of nitrogens with one attached hydrogen (secondary N) is 1. The first-order valence-corrected chi connectivity index (χ1v) is 7.11. The summed E-state index contributed by atoms with van der Waals surface area (Å²) in [6.45, 7) is 10.2. The largest absolute Gasteiger partial charge is 0.389 e. The highest BCUT2D eigenvalue weighted by molar-refractivity contribution is 5.32. The minimum Gasteiger partial charge on any atom is -0.389 e. The van der Waals surface area contributed by atoms with Crippen molar-refractivity contribution in [3.8, 4) is 0 Å². The molecule has 1 aromatic carbocycles. The van der Waals surface area contributed by atoms with E-state index in [1.54, 1.807) is 13.8 Å². The van der Waals surface area contributed by atoms with Gasteiger partial charge in [-0.3, -0.25) is 0 Å². The van der Waals surface area contributed by atoms with E-state index in [0.717, 1.165) is 5.56 Å². The number of ether oxygens (including phenoxy) is 1. The van der Waals surface area contributed by atoms with Crippen LogP contribution in [0.3, 0.4) is 0 Å². The van der Waals surface area contributed by atoms with Crippen LogP contribution in [0, 0.1) is 19.7 Å². The van der Waals surface area contributed by atoms with E-state index in [-0.39, 0.29) is 18.0 Å². The summed E-state index contributed by atoms with van der Waals surface area (Å²) in [4.78, 5) is 0. The Morgan fingerprint density at radius 2 is 1.75 bits per heavy atom. The molecule has 2 N–H and O–H groups in total. The molecule has 0 bridgehead atoms. The molecule has 0 amide bonds. The standard InChI is InChI=1S/C16H26FNO2/c1-10(2)20-9-15(19)8-18-13(5)14-6-11(3)16(17)12(4)7-14/h6-7,10,13,15,18-19H,8-9H2,1-5H3. The number of hydrogen-bond acceptors (Lipinski definition) is 3. The zero-order valence-corrected chi connectivity index (χ0v) is 13.0. The van der Waals surface area contributed by atoms with Crippen LogP contribution in [0.5, 0.6) is 0 Å². The van der Waals surface area contributed by atoms with Gasteiger partial charge in [-0.2, -0.15) is 0 Å². The van der Waals surface area contributed by atoms with Crippen LogP contribution in [0.4, 0.5) is 4.39 Å². The fourth-order valence-electron chi connectivity index (χ4n) is 2.02. The SMILES string of the molecule is Cc1cc(C(C)NCC(O)COC(C)C)cc(C)c1F. The molecule has 0 saturated carbocycles. The Morgan fingerprint density at radius 1 is 1.20 bits per heavy atom. The Hall–Kier alpha value is -0.970. The Balaban J connectivity index is 2.52. The highest BCUT2D eigenvalue weighted by Gasteiger charge is 2.12. The summed E-state index contributed by atoms with van der Waals surface area (Å²) in [5.74, 6) is -0.147. The van der Waals surface area contributed by atoms with Crippen LogP contribution in [0.15, 0.2) is 12.1 Å². The van der Waals surface area contributed by atoms with Crippen molar-refractivity contribution in [1.29, 1.82) is 0 Å². The van der Waals surface area contributed by atoms with Crippen molar-refractivity contribution in [3.05, 3.63) is 34.6 Å². The first kappa shape index (κ1) is 17.1. The second-order valence-corrected chi connectivity index (χ2v) is 5.63. The van der Waals surface area contributed by atoms with E-state index >= 15 is 0 Å². The predicted molar refractivity (Wildman–Crippen MR) is 79.4 cm³/mol. The quantitative estimate of drug-likeness (QED) is 0.808. The van der Waals surface area contributed by atoms with Gasteiger partial charge in [-0.1, -0.05) is 12.1 Å². The number of halogens is 1. The van der Waals surface area contributed by atoms with E-state index in [2.05, 4.69) is 5.32 Å². The van der Waals surface area contributed by atoms with Crippen LogP contribution < -0.4 is 5.32 Å². The Morgan fingerprint density at radius 3 is 2.25 bits per heavy atom. The van der Waals surface area contributed by atoms with Crippen molar-refractivity contribution in [2.75, 3.05) is 13.2 Å². The summed E-state index contributed by atoms with van der Waals surface area (Å²) in [7, 11) is 0. The van der Waals surface area contributed by atoms with Gasteiger partial charge in [-0.15, -0.1) is 0 Å². The number of benzene rings is 1. The fourth-order valence-corrected chi connectivity index (χ4v) is 2.02. The summed E-state index contributed by atoms with van der Waals surface area (Å²) in [6.07, 6.45) is -0.424. The summed E-state index contributed by atoms with van der Waals surface area (Å²) in [5, 5.41) is 13.0. The Bertz CT molecular complexity index is 411. The molecule has 1 rings (SSSR count). The average molecular weight is 283 g/mol. The highest BCUT2D eigenvalue weighted by Crippen LogP contribution is 2.19. The molecule has 4 heteroatoms. The fraction of sp³-hybridized carbons (Fsp3) is 0.625. The smallest absolute Gasteiger partial charge is 0.129 e. The lowest BCUT2D eigenvalue weighted by Gasteiger charge is -2.19. The topological polar surface area (TPSA) is 41.5 Å². The van der Waals surface area contributed by atoms with Crippen molar-refractivity contribution >= 4 is 0 Å². The van der Waals surface area contributed by atoms with E-state index in [4.69, 9.17) is 4.74 Å². The van der Waals surface area contributed by atoms with Gasteiger partial charge in [0.1, 0.15) is 5.82 Å². The zero-order chi connectivity index (χ0) is 15.3. The molecule has 114 valence electrons. The van der Waals surface area contributed by atoms with Crippen LogP contribution in [-0.4, -0.2) is 30.5 Å². The monoisotopic (exact) mass is 283 g/mol. The third kappa shape index (κ3) is 5.19. The molecule has 1 aromatic rings. The Labute approximate surface area is 121 Å². The van der Waals surface area contributed by atoms with Gasteiger partial charge in [0.05, 0.1) is 18.8 Å². The number of aliphatic hydroxyl groups excluding tert-OH is 1. The van der Waals surface area contributed by atoms with E-state index in [9.17, 15) is 9.50 Å². The van der Waals surface area contributed by atoms with Gasteiger partial charge in [-0.25, -0.2) is 4.39 Å². The summed E-state index contributed by atoms with van der Waals surface area (Å²) in [6, 6.07) is 3.75. The molecule has 0 fully saturated rings. The van der Waals surface area contributed by atoms with Gasteiger partial charge in [0.25, 0.3) is 0 Å². The van der Waals surface area contributed by atoms with E-state index in [0.29, 0.717) is 24.3 Å². The molecule has 2 unspecified atom stereocenters. The molecule has 0 aliphatic carbocycles. The molecule has 0 spiro atoms. The van der Waals surface area contributed by atoms with Gasteiger partial charge < -0.3 is 15.2 Å². The number of hydrogen-bond donors (Lipinski definition) is 2. The van der Waals surface area contributed by atoms with Crippen LogP contribution >= 0.6 is 0 Å². The van der Waals surface area contributed by atoms with Crippen LogP contribution in [0.2, 0.25) is 0 Å². The number of rotatable bonds is 7. The van der Waals surface area contributed by atoms with Crippen molar-refractivity contribution < 1.29 is 14.2 Å². The minimum absolute atomic E-state index is 0.0571. The zero-order valence-electron chi connectivity index (χ0n) is 13.0. The van der Waals surface area contributed by atoms with Gasteiger partial charge >= 0.3 is 0 Å². The first-order chi connectivity index (χ1) is 9.31. The van der Waals surface area contributed by atoms with E-state index in [1.165, 1.54) is 0 Å². The molecule has 0 aliphatic rings. The van der Waals surface area contributed by atoms with Crippen molar-refractivity contribution in [2.24, 2.45) is 0 Å². The molecule has 0 aromatic heterocycles. The Kier molecular flexibility index (Phi) is 6.59. The second-order valence-electron chi connectivity index (χ2n) is 5.63. The maximum atomic E-state index is 13.6. The van der Waals surface area contributed by atoms with Crippen molar-refractivity contribution in [2.45, 2.75) is 52.9 Å². The lowest BCUT2D eigenvalue weighted by atomic mass is 10.0. The first-order valence-electron chi connectivity index (χ1n) is 7.11. The molecule has 0 radical (unpaired) electrons. The van der Waals surface area contributed by atoms with Gasteiger partial charge in [0, 0.05) is 12.6 Å². The molecule has 0 saturated heterocycles. The van der Waals surface area contributed by atoms with Crippen LogP contribution in [0.25, 0.3) is 0 Å². The maximum absolute atomic E-state index is 13.6. The normalized spacial score (nSPS) is 14.6. The van der Waals surface area contributed by atoms with Crippen LogP contribution in [0.1, 0.15) is 43.5 Å². The molecule has 3 nitrogen and oxygen atoms in total. The maximum Gasteiger partial charge on any atom is 0.129 e. The summed E-state index contributed by atoms with van der Waals surface area (Å²) in [5.41, 5.74) is 2.33. The molecule has 0 aliphatic heterocycles. The summed E-state index contributed by atoms with van der Waals surface area (Å²) < 4.78 is 18.9. The van der Waals surface area contributed by atoms with Crippen molar-refractivity contribution in [3.63, 3.8) is 0 Å². The molecular formula is C16H26FNO2. The van der Waals surface area contributed by atoms with E-state index in [1.807, 2.05) is 32.9 Å². The molecule has 2 atom stereocenters. The van der Waals surface area contributed by atoms with E-state index < -0.39 is 6.10 Å². The number of aliphatic hydroxyl groups is 1. The number of aryl methyl sites for hydroxylation is 2. The van der Waals surface area contributed by atoms with Gasteiger partial charge in [0.15, 0.2) is 0 Å². The van der Waals surface area contributed by atoms with Gasteiger partial charge in [-0.05, 0) is 51.3 Å². The minimum atomic E-state index is -0.539. The average Bonchev–Trinajstić information content (AvgIpc) is 2.39. The third-order valence-corrected chi connectivity index (χ3v) is 3.24. The predicted octanol–water partition coefficient (Wildman–Crippen LogP) is 2.88. The second kappa shape index (κ2) is 7.72. The molecule has 20 heavy (non-hydrogen) atoms. The van der Waals surface area contributed by atoms with Gasteiger partial charge in [0.2, 0.25) is 0 Å². The van der Waals surface area contributed by atoms with Crippen molar-refractivity contribution in [1.82, 2.24) is 5.32 Å². The van der Waals surface area contributed by atoms with Crippen LogP contribution in [-0.2, 0) is 4.74 Å². The summed E-state index contributed by atoms with van der Waals surface area (Å²) >= 11 is 0. The molecular weight excluding hydrogens is 257 g/mol. The lowest BCUT2D eigenvalue weighted by Crippen LogP contribution is -2.33. The lowest BCUT2D eigenvalue weighted by molar-refractivity contribution is 0.00560.